The van der Waals surface area contributed by atoms with Gasteiger partial charge in [-0.25, -0.2) is 0 Å². The molecule has 1 heterocycles. The molecule has 1 N–H and O–H groups in total. The highest BCUT2D eigenvalue weighted by molar-refractivity contribution is 7.99. The van der Waals surface area contributed by atoms with Gasteiger partial charge in [0.1, 0.15) is 11.8 Å². The highest BCUT2D eigenvalue weighted by atomic mass is 32.2. The third-order valence-corrected chi connectivity index (χ3v) is 4.17. The van der Waals surface area contributed by atoms with Crippen LogP contribution in [0.25, 0.3) is 0 Å². The topological polar surface area (TPSA) is 45.0 Å². The predicted octanol–water partition coefficient (Wildman–Crippen LogP) is 2.57. The molecule has 18 heavy (non-hydrogen) atoms. The van der Waals surface area contributed by atoms with Crippen LogP contribution in [0.15, 0.2) is 24.3 Å². The third kappa shape index (κ3) is 4.25. The molecule has 2 rings (SSSR count). The smallest absolute Gasteiger partial charge is 0.174 e. The molecule has 4 heteroatoms. The van der Waals surface area contributed by atoms with Crippen molar-refractivity contribution in [2.45, 2.75) is 25.4 Å². The number of rotatable bonds is 5. The van der Waals surface area contributed by atoms with E-state index in [1.54, 1.807) is 0 Å². The summed E-state index contributed by atoms with van der Waals surface area (Å²) in [4.78, 5) is 0. The van der Waals surface area contributed by atoms with Crippen molar-refractivity contribution < 1.29 is 4.74 Å². The summed E-state index contributed by atoms with van der Waals surface area (Å²) < 4.78 is 5.29. The van der Waals surface area contributed by atoms with Crippen LogP contribution >= 0.6 is 11.8 Å². The summed E-state index contributed by atoms with van der Waals surface area (Å²) in [5, 5.41) is 12.1. The van der Waals surface area contributed by atoms with Gasteiger partial charge in [-0.1, -0.05) is 12.1 Å². The Morgan fingerprint density at radius 1 is 1.50 bits per heavy atom. The van der Waals surface area contributed by atoms with Gasteiger partial charge < -0.3 is 10.1 Å². The molecule has 1 aromatic rings. The average Bonchev–Trinajstić information content (AvgIpc) is 2.44. The molecule has 1 aliphatic rings. The highest BCUT2D eigenvalue weighted by Crippen LogP contribution is 2.18. The average molecular weight is 262 g/mol. The van der Waals surface area contributed by atoms with Crippen LogP contribution in [0.2, 0.25) is 0 Å². The fraction of sp³-hybridized carbons (Fsp3) is 0.500. The van der Waals surface area contributed by atoms with Crippen LogP contribution in [0, 0.1) is 11.3 Å². The van der Waals surface area contributed by atoms with Crippen molar-refractivity contribution in [3.63, 3.8) is 0 Å². The number of hydrogen-bond donors (Lipinski definition) is 1. The number of benzene rings is 1. The van der Waals surface area contributed by atoms with Gasteiger partial charge in [0.2, 0.25) is 0 Å². The van der Waals surface area contributed by atoms with Crippen LogP contribution in [-0.2, 0) is 6.54 Å². The van der Waals surface area contributed by atoms with E-state index in [1.165, 1.54) is 29.9 Å². The van der Waals surface area contributed by atoms with Gasteiger partial charge in [0.15, 0.2) is 6.61 Å². The molecule has 0 amide bonds. The van der Waals surface area contributed by atoms with Gasteiger partial charge in [0.05, 0.1) is 0 Å². The van der Waals surface area contributed by atoms with Crippen molar-refractivity contribution in [3.8, 4) is 11.8 Å². The van der Waals surface area contributed by atoms with E-state index in [0.29, 0.717) is 6.04 Å². The third-order valence-electron chi connectivity index (χ3n) is 2.96. The van der Waals surface area contributed by atoms with Crippen LogP contribution in [0.4, 0.5) is 0 Å². The maximum Gasteiger partial charge on any atom is 0.174 e. The second-order valence-electron chi connectivity index (χ2n) is 4.39. The van der Waals surface area contributed by atoms with Crippen LogP contribution in [0.5, 0.6) is 5.75 Å². The Labute approximate surface area is 113 Å². The number of hydrogen-bond acceptors (Lipinski definition) is 4. The molecule has 1 unspecified atom stereocenters. The summed E-state index contributed by atoms with van der Waals surface area (Å²) in [6.45, 7) is 0.977. The van der Waals surface area contributed by atoms with Gasteiger partial charge in [-0.2, -0.15) is 17.0 Å². The zero-order valence-electron chi connectivity index (χ0n) is 10.4. The zero-order valence-corrected chi connectivity index (χ0v) is 11.2. The number of nitrogens with one attached hydrogen (secondary N) is 1. The molecule has 0 bridgehead atoms. The van der Waals surface area contributed by atoms with Crippen molar-refractivity contribution >= 4 is 11.8 Å². The van der Waals surface area contributed by atoms with Crippen molar-refractivity contribution in [1.82, 2.24) is 5.32 Å². The van der Waals surface area contributed by atoms with E-state index < -0.39 is 0 Å². The molecule has 96 valence electrons. The van der Waals surface area contributed by atoms with E-state index in [4.69, 9.17) is 10.00 Å². The molecule has 0 aromatic heterocycles. The van der Waals surface area contributed by atoms with Gasteiger partial charge >= 0.3 is 0 Å². The minimum absolute atomic E-state index is 0.107. The second kappa shape index (κ2) is 7.30. The Hall–Kier alpha value is -1.18. The maximum atomic E-state index is 8.48. The van der Waals surface area contributed by atoms with E-state index >= 15 is 0 Å². The van der Waals surface area contributed by atoms with Crippen molar-refractivity contribution in [1.29, 1.82) is 5.26 Å². The minimum Gasteiger partial charge on any atom is -0.479 e. The first kappa shape index (κ1) is 13.3. The number of nitrogens with zero attached hydrogens (tertiary/aromatic N) is 1. The molecule has 3 nitrogen and oxygen atoms in total. The molecule has 1 saturated heterocycles. The molecule has 0 aliphatic carbocycles. The first-order valence-corrected chi connectivity index (χ1v) is 7.44. The van der Waals surface area contributed by atoms with Crippen molar-refractivity contribution in [2.75, 3.05) is 18.1 Å². The van der Waals surface area contributed by atoms with Gasteiger partial charge in [-0.15, -0.1) is 0 Å². The Kier molecular flexibility index (Phi) is 5.37. The lowest BCUT2D eigenvalue weighted by molar-refractivity contribution is 0.367. The standard InChI is InChI=1S/C14H18N2OS/c15-6-7-17-14-5-1-3-12(9-14)10-16-13-4-2-8-18-11-13/h1,3,5,9,13,16H,2,4,7-8,10-11H2. The van der Waals surface area contributed by atoms with Crippen molar-refractivity contribution in [2.24, 2.45) is 0 Å². The maximum absolute atomic E-state index is 8.48. The molecule has 1 atom stereocenters. The van der Waals surface area contributed by atoms with E-state index in [1.807, 2.05) is 36.0 Å². The largest absolute Gasteiger partial charge is 0.479 e. The van der Waals surface area contributed by atoms with Gasteiger partial charge in [0.25, 0.3) is 0 Å². The van der Waals surface area contributed by atoms with Gasteiger partial charge in [0, 0.05) is 18.3 Å². The Balaban J connectivity index is 1.82. The Morgan fingerprint density at radius 2 is 2.44 bits per heavy atom. The molecule has 0 spiro atoms. The molecule has 1 aliphatic heterocycles. The normalized spacial score (nSPS) is 19.2. The number of thioether (sulfide) groups is 1. The molecular formula is C14H18N2OS. The fourth-order valence-electron chi connectivity index (χ4n) is 2.02. The first-order chi connectivity index (χ1) is 8.88. The van der Waals surface area contributed by atoms with Crippen LogP contribution in [-0.4, -0.2) is 24.2 Å². The molecule has 1 fully saturated rings. The minimum atomic E-state index is 0.107. The number of ether oxygens (including phenoxy) is 1. The second-order valence-corrected chi connectivity index (χ2v) is 5.54. The summed E-state index contributed by atoms with van der Waals surface area (Å²) in [5.41, 5.74) is 1.21. The monoisotopic (exact) mass is 262 g/mol. The van der Waals surface area contributed by atoms with Crippen LogP contribution in [0.1, 0.15) is 18.4 Å². The summed E-state index contributed by atoms with van der Waals surface area (Å²) in [7, 11) is 0. The lowest BCUT2D eigenvalue weighted by Gasteiger charge is -2.22. The predicted molar refractivity (Wildman–Crippen MR) is 74.7 cm³/mol. The lowest BCUT2D eigenvalue weighted by Crippen LogP contribution is -2.33. The van der Waals surface area contributed by atoms with E-state index in [-0.39, 0.29) is 6.61 Å². The summed E-state index contributed by atoms with van der Waals surface area (Å²) >= 11 is 2.03. The Bertz CT molecular complexity index is 411. The van der Waals surface area contributed by atoms with Gasteiger partial charge in [-0.3, -0.25) is 0 Å². The van der Waals surface area contributed by atoms with E-state index in [0.717, 1.165) is 12.3 Å². The molecular weight excluding hydrogens is 244 g/mol. The quantitative estimate of drug-likeness (QED) is 0.886. The lowest BCUT2D eigenvalue weighted by atomic mass is 10.1. The summed E-state index contributed by atoms with van der Waals surface area (Å²) in [6.07, 6.45) is 2.59. The van der Waals surface area contributed by atoms with Crippen molar-refractivity contribution in [3.05, 3.63) is 29.8 Å². The fourth-order valence-corrected chi connectivity index (χ4v) is 3.13. The van der Waals surface area contributed by atoms with Crippen LogP contribution in [0.3, 0.4) is 0 Å². The first-order valence-electron chi connectivity index (χ1n) is 6.28. The molecule has 0 radical (unpaired) electrons. The zero-order chi connectivity index (χ0) is 12.6. The Morgan fingerprint density at radius 3 is 3.22 bits per heavy atom. The SMILES string of the molecule is N#CCOc1cccc(CNC2CCCSC2)c1. The summed E-state index contributed by atoms with van der Waals surface area (Å²) in [5.74, 6) is 3.29. The van der Waals surface area contributed by atoms with E-state index in [9.17, 15) is 0 Å². The van der Waals surface area contributed by atoms with E-state index in [2.05, 4.69) is 11.4 Å². The number of nitriles is 1. The molecule has 1 aromatic carbocycles. The highest BCUT2D eigenvalue weighted by Gasteiger charge is 2.12. The molecule has 0 saturated carbocycles. The van der Waals surface area contributed by atoms with Crippen LogP contribution < -0.4 is 10.1 Å². The summed E-state index contributed by atoms with van der Waals surface area (Å²) in [6, 6.07) is 10.6. The van der Waals surface area contributed by atoms with Gasteiger partial charge in [-0.05, 0) is 36.3 Å².